The number of nitrogens with one attached hydrogen (secondary N) is 1. The van der Waals surface area contributed by atoms with Crippen LogP contribution in [0.5, 0.6) is 5.75 Å². The summed E-state index contributed by atoms with van der Waals surface area (Å²) < 4.78 is 12.5. The highest BCUT2D eigenvalue weighted by Crippen LogP contribution is 2.14. The van der Waals surface area contributed by atoms with Gasteiger partial charge in [0.25, 0.3) is 0 Å². The molecular formula is C19H29N3O4. The Balaban J connectivity index is 1.68. The molecule has 0 unspecified atom stereocenters. The van der Waals surface area contributed by atoms with Crippen LogP contribution in [0.3, 0.4) is 0 Å². The average molecular weight is 363 g/mol. The van der Waals surface area contributed by atoms with E-state index in [1.54, 1.807) is 12.3 Å². The van der Waals surface area contributed by atoms with Crippen molar-refractivity contribution in [1.82, 2.24) is 14.8 Å². The van der Waals surface area contributed by atoms with Gasteiger partial charge in [0.15, 0.2) is 5.75 Å². The molecule has 26 heavy (non-hydrogen) atoms. The standard InChI is InChI=1S/C19H29N3O4/c1-25-18-13-22(14-19(24)20-11-16-6-5-9-26-16)15(10-17(18)23)12-21-7-3-2-4-8-21/h10,13,16H,2-9,11-12,14H2,1H3,(H,20,24)/t16-/m0/s1. The van der Waals surface area contributed by atoms with E-state index in [9.17, 15) is 9.59 Å². The van der Waals surface area contributed by atoms with Crippen LogP contribution in [0.1, 0.15) is 37.8 Å². The van der Waals surface area contributed by atoms with E-state index in [1.165, 1.54) is 26.4 Å². The Morgan fingerprint density at radius 1 is 1.31 bits per heavy atom. The lowest BCUT2D eigenvalue weighted by atomic mass is 10.1. The van der Waals surface area contributed by atoms with Crippen molar-refractivity contribution in [2.75, 3.05) is 33.4 Å². The van der Waals surface area contributed by atoms with Gasteiger partial charge in [0.1, 0.15) is 6.54 Å². The highest BCUT2D eigenvalue weighted by molar-refractivity contribution is 5.75. The van der Waals surface area contributed by atoms with Crippen LogP contribution in [0, 0.1) is 0 Å². The van der Waals surface area contributed by atoms with Crippen molar-refractivity contribution in [3.05, 3.63) is 28.2 Å². The monoisotopic (exact) mass is 363 g/mol. The number of rotatable bonds is 7. The van der Waals surface area contributed by atoms with Crippen LogP contribution in [0.2, 0.25) is 0 Å². The number of pyridine rings is 1. The first-order valence-electron chi connectivity index (χ1n) is 9.53. The third-order valence-electron chi connectivity index (χ3n) is 5.10. The topological polar surface area (TPSA) is 72.8 Å². The lowest BCUT2D eigenvalue weighted by Crippen LogP contribution is -2.36. The second-order valence-electron chi connectivity index (χ2n) is 7.10. The molecule has 3 heterocycles. The smallest absolute Gasteiger partial charge is 0.240 e. The summed E-state index contributed by atoms with van der Waals surface area (Å²) in [5.74, 6) is 0.186. The molecule has 0 saturated carbocycles. The zero-order valence-electron chi connectivity index (χ0n) is 15.5. The number of methoxy groups -OCH3 is 1. The van der Waals surface area contributed by atoms with Crippen LogP contribution < -0.4 is 15.5 Å². The van der Waals surface area contributed by atoms with Crippen molar-refractivity contribution in [1.29, 1.82) is 0 Å². The molecule has 0 aliphatic carbocycles. The van der Waals surface area contributed by atoms with Crippen molar-refractivity contribution < 1.29 is 14.3 Å². The molecule has 2 aliphatic heterocycles. The van der Waals surface area contributed by atoms with E-state index in [-0.39, 0.29) is 29.7 Å². The number of carbonyl (C=O) groups excluding carboxylic acids is 1. The Hall–Kier alpha value is -1.86. The van der Waals surface area contributed by atoms with E-state index in [1.807, 2.05) is 4.57 Å². The molecule has 0 radical (unpaired) electrons. The maximum Gasteiger partial charge on any atom is 0.240 e. The van der Waals surface area contributed by atoms with Crippen molar-refractivity contribution in [3.8, 4) is 5.75 Å². The van der Waals surface area contributed by atoms with Crippen LogP contribution >= 0.6 is 0 Å². The average Bonchev–Trinajstić information content (AvgIpc) is 3.16. The summed E-state index contributed by atoms with van der Waals surface area (Å²) >= 11 is 0. The Morgan fingerprint density at radius 2 is 2.12 bits per heavy atom. The van der Waals surface area contributed by atoms with Crippen molar-refractivity contribution in [2.45, 2.75) is 51.3 Å². The van der Waals surface area contributed by atoms with Crippen molar-refractivity contribution >= 4 is 5.91 Å². The first kappa shape index (κ1) is 18.9. The molecule has 2 saturated heterocycles. The molecule has 1 amide bonds. The SMILES string of the molecule is COc1cn(CC(=O)NC[C@@H]2CCCO2)c(CN2CCCCC2)cc1=O. The normalized spacial score (nSPS) is 20.9. The molecular weight excluding hydrogens is 334 g/mol. The second-order valence-corrected chi connectivity index (χ2v) is 7.10. The fraction of sp³-hybridized carbons (Fsp3) is 0.684. The van der Waals surface area contributed by atoms with Gasteiger partial charge in [-0.15, -0.1) is 0 Å². The molecule has 3 rings (SSSR count). The number of nitrogens with zero attached hydrogens (tertiary/aromatic N) is 2. The third kappa shape index (κ3) is 5.08. The number of hydrogen-bond acceptors (Lipinski definition) is 5. The van der Waals surface area contributed by atoms with E-state index in [0.717, 1.165) is 38.2 Å². The summed E-state index contributed by atoms with van der Waals surface area (Å²) in [5, 5.41) is 2.94. The van der Waals surface area contributed by atoms with Crippen LogP contribution in [0.15, 0.2) is 17.1 Å². The van der Waals surface area contributed by atoms with E-state index in [0.29, 0.717) is 13.1 Å². The van der Waals surface area contributed by atoms with Gasteiger partial charge in [-0.2, -0.15) is 0 Å². The number of aromatic nitrogens is 1. The van der Waals surface area contributed by atoms with Gasteiger partial charge < -0.3 is 19.4 Å². The summed E-state index contributed by atoms with van der Waals surface area (Å²) in [6.07, 6.45) is 7.44. The number of piperidine rings is 1. The third-order valence-corrected chi connectivity index (χ3v) is 5.10. The summed E-state index contributed by atoms with van der Waals surface area (Å²) in [7, 11) is 1.48. The van der Waals surface area contributed by atoms with Gasteiger partial charge in [0, 0.05) is 31.5 Å². The first-order chi connectivity index (χ1) is 12.7. The minimum absolute atomic E-state index is 0.0777. The van der Waals surface area contributed by atoms with E-state index in [4.69, 9.17) is 9.47 Å². The molecule has 2 fully saturated rings. The zero-order valence-corrected chi connectivity index (χ0v) is 15.5. The molecule has 7 nitrogen and oxygen atoms in total. The van der Waals surface area contributed by atoms with Gasteiger partial charge in [-0.3, -0.25) is 14.5 Å². The van der Waals surface area contributed by atoms with Gasteiger partial charge in [-0.05, 0) is 38.8 Å². The van der Waals surface area contributed by atoms with E-state index in [2.05, 4.69) is 10.2 Å². The van der Waals surface area contributed by atoms with Gasteiger partial charge in [-0.1, -0.05) is 6.42 Å². The quantitative estimate of drug-likeness (QED) is 0.786. The highest BCUT2D eigenvalue weighted by Gasteiger charge is 2.18. The van der Waals surface area contributed by atoms with Crippen LogP contribution in [0.25, 0.3) is 0 Å². The maximum absolute atomic E-state index is 12.4. The van der Waals surface area contributed by atoms with Gasteiger partial charge >= 0.3 is 0 Å². The fourth-order valence-corrected chi connectivity index (χ4v) is 3.62. The number of ether oxygens (including phenoxy) is 2. The van der Waals surface area contributed by atoms with E-state index < -0.39 is 0 Å². The zero-order chi connectivity index (χ0) is 18.4. The first-order valence-corrected chi connectivity index (χ1v) is 9.53. The molecule has 0 aromatic carbocycles. The van der Waals surface area contributed by atoms with Crippen molar-refractivity contribution in [3.63, 3.8) is 0 Å². The largest absolute Gasteiger partial charge is 0.491 e. The summed E-state index contributed by atoms with van der Waals surface area (Å²) in [4.78, 5) is 26.9. The lowest BCUT2D eigenvalue weighted by Gasteiger charge is -2.27. The molecule has 1 N–H and O–H groups in total. The molecule has 2 aliphatic rings. The number of carbonyl (C=O) groups is 1. The molecule has 144 valence electrons. The summed E-state index contributed by atoms with van der Waals surface area (Å²) in [6, 6.07) is 1.60. The van der Waals surface area contributed by atoms with Gasteiger partial charge in [-0.25, -0.2) is 0 Å². The Labute approximate surface area is 154 Å². The van der Waals surface area contributed by atoms with Gasteiger partial charge in [0.2, 0.25) is 11.3 Å². The van der Waals surface area contributed by atoms with Crippen molar-refractivity contribution in [2.24, 2.45) is 0 Å². The minimum atomic E-state index is -0.143. The molecule has 1 aromatic rings. The molecule has 7 heteroatoms. The molecule has 0 spiro atoms. The van der Waals surface area contributed by atoms with E-state index >= 15 is 0 Å². The summed E-state index contributed by atoms with van der Waals surface area (Å²) in [6.45, 7) is 4.23. The van der Waals surface area contributed by atoms with Crippen LogP contribution in [-0.2, 0) is 22.6 Å². The molecule has 1 atom stereocenters. The highest BCUT2D eigenvalue weighted by atomic mass is 16.5. The number of likely N-dealkylation sites (tertiary alicyclic amines) is 1. The van der Waals surface area contributed by atoms with Gasteiger partial charge in [0.05, 0.1) is 19.4 Å². The Bertz CT molecular complexity index is 661. The molecule has 1 aromatic heterocycles. The Morgan fingerprint density at radius 3 is 2.81 bits per heavy atom. The molecule has 0 bridgehead atoms. The second kappa shape index (κ2) is 9.19. The fourth-order valence-electron chi connectivity index (χ4n) is 3.62. The lowest BCUT2D eigenvalue weighted by molar-refractivity contribution is -0.122. The predicted molar refractivity (Wildman–Crippen MR) is 98.4 cm³/mol. The Kier molecular flexibility index (Phi) is 6.68. The number of amides is 1. The van der Waals surface area contributed by atoms with Crippen LogP contribution in [-0.4, -0.2) is 54.8 Å². The van der Waals surface area contributed by atoms with Crippen LogP contribution in [0.4, 0.5) is 0 Å². The predicted octanol–water partition coefficient (Wildman–Crippen LogP) is 1.14. The summed E-state index contributed by atoms with van der Waals surface area (Å²) in [5.41, 5.74) is 0.709. The minimum Gasteiger partial charge on any atom is -0.491 e. The maximum atomic E-state index is 12.4. The number of hydrogen-bond donors (Lipinski definition) is 1.